The lowest BCUT2D eigenvalue weighted by molar-refractivity contribution is -0.137. The van der Waals surface area contributed by atoms with E-state index in [1.807, 2.05) is 6.08 Å². The third-order valence-corrected chi connectivity index (χ3v) is 3.59. The fourth-order valence-electron chi connectivity index (χ4n) is 2.37. The number of carbonyl (C=O) groups is 2. The predicted octanol–water partition coefficient (Wildman–Crippen LogP) is 3.75. The summed E-state index contributed by atoms with van der Waals surface area (Å²) < 4.78 is 0. The molecule has 1 aliphatic rings. The monoisotopic (exact) mass is 288 g/mol. The van der Waals surface area contributed by atoms with Crippen LogP contribution >= 0.6 is 0 Å². The van der Waals surface area contributed by atoms with Crippen LogP contribution in [0.2, 0.25) is 0 Å². The molecule has 0 saturated heterocycles. The molecule has 1 aliphatic carbocycles. The van der Waals surface area contributed by atoms with Crippen molar-refractivity contribution < 1.29 is 14.7 Å². The van der Waals surface area contributed by atoms with E-state index in [0.717, 1.165) is 25.7 Å². The first kappa shape index (κ1) is 17.2. The van der Waals surface area contributed by atoms with Crippen LogP contribution < -0.4 is 0 Å². The normalized spacial score (nSPS) is 20.7. The quantitative estimate of drug-likeness (QED) is 0.420. The molecule has 114 valence electrons. The Morgan fingerprint density at radius 1 is 1.33 bits per heavy atom. The minimum Gasteiger partial charge on any atom is -0.481 e. The molecule has 2 atom stereocenters. The summed E-state index contributed by atoms with van der Waals surface area (Å²) in [4.78, 5) is 22.1. The molecule has 3 nitrogen and oxygen atoms in total. The maximum Gasteiger partial charge on any atom is 0.303 e. The summed E-state index contributed by atoms with van der Waals surface area (Å²) in [6, 6.07) is 0. The fourth-order valence-corrected chi connectivity index (χ4v) is 2.37. The Bertz CT molecular complexity index is 463. The van der Waals surface area contributed by atoms with Crippen LogP contribution in [0.3, 0.4) is 0 Å². The summed E-state index contributed by atoms with van der Waals surface area (Å²) in [5.74, 6) is 5.95. The SMILES string of the molecule is CC/C=C/CC1C(=O)C=CC1CC#CCCCCC(=O)O. The summed E-state index contributed by atoms with van der Waals surface area (Å²) in [5, 5.41) is 8.52. The van der Waals surface area contributed by atoms with Gasteiger partial charge in [-0.3, -0.25) is 9.59 Å². The number of carbonyl (C=O) groups excluding carboxylic acids is 1. The van der Waals surface area contributed by atoms with Crippen molar-refractivity contribution in [1.29, 1.82) is 0 Å². The molecule has 0 amide bonds. The molecule has 0 radical (unpaired) electrons. The molecule has 0 aromatic heterocycles. The highest BCUT2D eigenvalue weighted by Gasteiger charge is 2.27. The Morgan fingerprint density at radius 2 is 2.14 bits per heavy atom. The van der Waals surface area contributed by atoms with E-state index in [1.165, 1.54) is 0 Å². The van der Waals surface area contributed by atoms with Crippen molar-refractivity contribution in [1.82, 2.24) is 0 Å². The lowest BCUT2D eigenvalue weighted by atomic mass is 9.89. The summed E-state index contributed by atoms with van der Waals surface area (Å²) in [6.07, 6.45) is 12.8. The second-order valence-corrected chi connectivity index (χ2v) is 5.31. The lowest BCUT2D eigenvalue weighted by Crippen LogP contribution is -2.14. The molecule has 0 saturated carbocycles. The fraction of sp³-hybridized carbons (Fsp3) is 0.556. The molecule has 2 unspecified atom stereocenters. The standard InChI is InChI=1S/C18H24O3/c1-2-3-7-11-16-15(13-14-17(16)19)10-8-5-4-6-9-12-18(20)21/h3,7,13-16H,2,4,6,9-12H2,1H3,(H,20,21)/b7-3+. The summed E-state index contributed by atoms with van der Waals surface area (Å²) in [7, 11) is 0. The second kappa shape index (κ2) is 9.99. The minimum atomic E-state index is -0.749. The van der Waals surface area contributed by atoms with E-state index in [4.69, 9.17) is 5.11 Å². The van der Waals surface area contributed by atoms with Gasteiger partial charge in [0.15, 0.2) is 5.78 Å². The van der Waals surface area contributed by atoms with E-state index < -0.39 is 5.97 Å². The number of ketones is 1. The van der Waals surface area contributed by atoms with Gasteiger partial charge in [0.2, 0.25) is 0 Å². The lowest BCUT2D eigenvalue weighted by Gasteiger charge is -2.13. The van der Waals surface area contributed by atoms with Crippen LogP contribution in [0.4, 0.5) is 0 Å². The number of hydrogen-bond acceptors (Lipinski definition) is 2. The summed E-state index contributed by atoms with van der Waals surface area (Å²) >= 11 is 0. The molecule has 0 spiro atoms. The topological polar surface area (TPSA) is 54.4 Å². The molecule has 0 bridgehead atoms. The van der Waals surface area contributed by atoms with Gasteiger partial charge in [0.1, 0.15) is 0 Å². The number of carboxylic acids is 1. The van der Waals surface area contributed by atoms with Gasteiger partial charge in [-0.05, 0) is 37.7 Å². The van der Waals surface area contributed by atoms with Crippen molar-refractivity contribution in [2.75, 3.05) is 0 Å². The minimum absolute atomic E-state index is 0.0501. The third kappa shape index (κ3) is 6.94. The predicted molar refractivity (Wildman–Crippen MR) is 83.7 cm³/mol. The molecular weight excluding hydrogens is 264 g/mol. The molecule has 0 fully saturated rings. The highest BCUT2D eigenvalue weighted by Crippen LogP contribution is 2.28. The largest absolute Gasteiger partial charge is 0.481 e. The van der Waals surface area contributed by atoms with Crippen molar-refractivity contribution in [3.63, 3.8) is 0 Å². The van der Waals surface area contributed by atoms with Crippen LogP contribution in [0.25, 0.3) is 0 Å². The van der Waals surface area contributed by atoms with Gasteiger partial charge in [0, 0.05) is 25.2 Å². The van der Waals surface area contributed by atoms with Crippen LogP contribution in [0.5, 0.6) is 0 Å². The molecular formula is C18H24O3. The molecule has 0 aromatic carbocycles. The van der Waals surface area contributed by atoms with Gasteiger partial charge in [-0.25, -0.2) is 0 Å². The van der Waals surface area contributed by atoms with Crippen LogP contribution in [0.1, 0.15) is 51.9 Å². The van der Waals surface area contributed by atoms with Gasteiger partial charge in [-0.1, -0.05) is 25.2 Å². The van der Waals surface area contributed by atoms with E-state index in [2.05, 4.69) is 30.9 Å². The van der Waals surface area contributed by atoms with Crippen molar-refractivity contribution in [3.8, 4) is 11.8 Å². The first-order valence-corrected chi connectivity index (χ1v) is 7.69. The smallest absolute Gasteiger partial charge is 0.303 e. The van der Waals surface area contributed by atoms with Crippen molar-refractivity contribution in [3.05, 3.63) is 24.3 Å². The van der Waals surface area contributed by atoms with Gasteiger partial charge in [0.25, 0.3) is 0 Å². The van der Waals surface area contributed by atoms with Crippen molar-refractivity contribution in [2.45, 2.75) is 51.9 Å². The van der Waals surface area contributed by atoms with E-state index in [0.29, 0.717) is 12.8 Å². The number of hydrogen-bond donors (Lipinski definition) is 1. The van der Waals surface area contributed by atoms with Crippen LogP contribution in [0.15, 0.2) is 24.3 Å². The summed E-state index contributed by atoms with van der Waals surface area (Å²) in [5.41, 5.74) is 0. The van der Waals surface area contributed by atoms with Crippen LogP contribution in [-0.2, 0) is 9.59 Å². The van der Waals surface area contributed by atoms with E-state index >= 15 is 0 Å². The van der Waals surface area contributed by atoms with Crippen LogP contribution in [0, 0.1) is 23.7 Å². The molecule has 1 N–H and O–H groups in total. The molecule has 0 heterocycles. The first-order valence-electron chi connectivity index (χ1n) is 7.69. The van der Waals surface area contributed by atoms with Crippen LogP contribution in [-0.4, -0.2) is 16.9 Å². The number of aliphatic carboxylic acids is 1. The molecule has 3 heteroatoms. The highest BCUT2D eigenvalue weighted by molar-refractivity contribution is 5.94. The molecule has 0 aliphatic heterocycles. The molecule has 1 rings (SSSR count). The zero-order chi connectivity index (χ0) is 15.5. The van der Waals surface area contributed by atoms with Gasteiger partial charge in [0.05, 0.1) is 0 Å². The zero-order valence-electron chi connectivity index (χ0n) is 12.7. The molecule has 0 aromatic rings. The maximum absolute atomic E-state index is 11.8. The van der Waals surface area contributed by atoms with E-state index in [9.17, 15) is 9.59 Å². The van der Waals surface area contributed by atoms with E-state index in [-0.39, 0.29) is 24.0 Å². The average molecular weight is 288 g/mol. The number of unbranched alkanes of at least 4 members (excludes halogenated alkanes) is 2. The Labute approximate surface area is 127 Å². The van der Waals surface area contributed by atoms with Gasteiger partial charge in [-0.2, -0.15) is 0 Å². The maximum atomic E-state index is 11.8. The highest BCUT2D eigenvalue weighted by atomic mass is 16.4. The third-order valence-electron chi connectivity index (χ3n) is 3.59. The second-order valence-electron chi connectivity index (χ2n) is 5.31. The Hall–Kier alpha value is -1.82. The number of carboxylic acid groups (broad SMARTS) is 1. The Morgan fingerprint density at radius 3 is 2.86 bits per heavy atom. The average Bonchev–Trinajstić information content (AvgIpc) is 2.79. The van der Waals surface area contributed by atoms with Gasteiger partial charge < -0.3 is 5.11 Å². The summed E-state index contributed by atoms with van der Waals surface area (Å²) in [6.45, 7) is 2.08. The van der Waals surface area contributed by atoms with Gasteiger partial charge >= 0.3 is 5.97 Å². The number of rotatable bonds is 8. The Balaban J connectivity index is 2.29. The van der Waals surface area contributed by atoms with Crippen molar-refractivity contribution >= 4 is 11.8 Å². The molecule has 21 heavy (non-hydrogen) atoms. The van der Waals surface area contributed by atoms with E-state index in [1.54, 1.807) is 6.08 Å². The zero-order valence-corrected chi connectivity index (χ0v) is 12.7. The number of allylic oxidation sites excluding steroid dienone is 4. The first-order chi connectivity index (χ1) is 10.1. The van der Waals surface area contributed by atoms with Gasteiger partial charge in [-0.15, -0.1) is 11.8 Å². The van der Waals surface area contributed by atoms with Crippen molar-refractivity contribution in [2.24, 2.45) is 11.8 Å². The Kier molecular flexibility index (Phi) is 8.19.